The first kappa shape index (κ1) is 32.5. The van der Waals surface area contributed by atoms with Crippen molar-refractivity contribution in [2.45, 2.75) is 78.6 Å². The number of benzene rings is 7. The Morgan fingerprint density at radius 3 is 1.83 bits per heavy atom. The van der Waals surface area contributed by atoms with Crippen LogP contribution in [-0.4, -0.2) is 9.55 Å². The molecule has 0 aliphatic heterocycles. The van der Waals surface area contributed by atoms with Crippen molar-refractivity contribution in [3.63, 3.8) is 0 Å². The molecule has 0 radical (unpaired) electrons. The first-order valence-corrected chi connectivity index (χ1v) is 21.6. The van der Waals surface area contributed by atoms with E-state index in [9.17, 15) is 0 Å². The number of hydrogen-bond acceptors (Lipinski definition) is 4. The van der Waals surface area contributed by atoms with Crippen molar-refractivity contribution >= 4 is 44.6 Å². The fraction of sp³-hybridized carbons (Fsp3) is 0.203. The van der Waals surface area contributed by atoms with Gasteiger partial charge in [-0.15, -0.1) is 0 Å². The molecule has 0 fully saturated rings. The zero-order valence-electron chi connectivity index (χ0n) is 46.8. The minimum atomic E-state index is -0.460. The molecule has 5 nitrogen and oxygen atoms in total. The Bertz CT molecular complexity index is 3620. The van der Waals surface area contributed by atoms with Crippen LogP contribution in [0.2, 0.25) is 0 Å². The molecule has 0 aliphatic carbocycles. The van der Waals surface area contributed by atoms with E-state index in [1.54, 1.807) is 22.9 Å². The minimum absolute atomic E-state index is 0.0875. The summed E-state index contributed by atoms with van der Waals surface area (Å²) in [6.45, 7) is 19.4. The third-order valence-corrected chi connectivity index (χ3v) is 11.6. The average molecular weight is 848 g/mol. The van der Waals surface area contributed by atoms with Crippen LogP contribution in [-0.2, 0) is 16.2 Å². The Hall–Kier alpha value is -7.11. The zero-order chi connectivity index (χ0) is 52.6. The van der Waals surface area contributed by atoms with Crippen molar-refractivity contribution in [3.8, 4) is 39.6 Å². The first-order chi connectivity index (χ1) is 34.3. The number of para-hydroxylation sites is 4. The van der Waals surface area contributed by atoms with E-state index in [4.69, 9.17) is 22.1 Å². The summed E-state index contributed by atoms with van der Waals surface area (Å²) in [5, 5.41) is 8.29. The summed E-state index contributed by atoms with van der Waals surface area (Å²) in [6, 6.07) is 34.0. The van der Waals surface area contributed by atoms with Crippen molar-refractivity contribution in [2.75, 3.05) is 10.6 Å². The summed E-state index contributed by atoms with van der Waals surface area (Å²) in [7, 11) is 0. The van der Waals surface area contributed by atoms with Crippen LogP contribution in [0.5, 0.6) is 11.5 Å². The molecule has 0 aliphatic rings. The van der Waals surface area contributed by atoms with E-state index in [0.29, 0.717) is 67.4 Å². The van der Waals surface area contributed by atoms with Gasteiger partial charge in [-0.05, 0) is 98.6 Å². The van der Waals surface area contributed by atoms with E-state index >= 15 is 0 Å². The van der Waals surface area contributed by atoms with Crippen molar-refractivity contribution in [1.82, 2.24) is 9.55 Å². The van der Waals surface area contributed by atoms with Crippen molar-refractivity contribution in [3.05, 3.63) is 193 Å². The van der Waals surface area contributed by atoms with Gasteiger partial charge in [0.05, 0.1) is 40.4 Å². The van der Waals surface area contributed by atoms with E-state index < -0.39 is 18.1 Å². The summed E-state index contributed by atoms with van der Waals surface area (Å²) in [5.41, 5.74) is 8.49. The van der Waals surface area contributed by atoms with E-state index in [1.807, 2.05) is 84.9 Å². The smallest absolute Gasteiger partial charge is 0.137 e. The number of fused-ring (bicyclic) bond motifs is 3. The van der Waals surface area contributed by atoms with E-state index in [0.717, 1.165) is 27.8 Å². The molecule has 9 aromatic rings. The Morgan fingerprint density at radius 1 is 0.500 bits per heavy atom. The van der Waals surface area contributed by atoms with Gasteiger partial charge >= 0.3 is 0 Å². The number of nitrogens with zero attached hydrogens (tertiary/aromatic N) is 2. The topological polar surface area (TPSA) is 51.1 Å². The Labute approximate surface area is 391 Å². The predicted octanol–water partition coefficient (Wildman–Crippen LogP) is 16.7. The molecule has 5 heteroatoms. The molecule has 2 heterocycles. The van der Waals surface area contributed by atoms with Gasteiger partial charge in [-0.25, -0.2) is 4.98 Å². The third kappa shape index (κ3) is 8.63. The molecule has 0 spiro atoms. The fourth-order valence-corrected chi connectivity index (χ4v) is 7.94. The normalized spacial score (nSPS) is 14.1. The SMILES string of the molecule is [2H]c1c([2H])c([2H])c(-c2cccc(-c3cc(C(C)(C)C)cc(C(C)(C)C)c3)c2Nc2ccccc2Nc2cccc(Oc3ccc4c5c([2H])c([2H])c([2H])c([2H])c5n(-c5cc(C(C)(C)C)ccn5)c4c3)c2)c([2H])c1[2H]. The summed E-state index contributed by atoms with van der Waals surface area (Å²) in [4.78, 5) is 4.72. The Morgan fingerprint density at radius 2 is 1.12 bits per heavy atom. The van der Waals surface area contributed by atoms with Crippen LogP contribution in [0.15, 0.2) is 176 Å². The van der Waals surface area contributed by atoms with Gasteiger partial charge < -0.3 is 15.4 Å². The van der Waals surface area contributed by atoms with Gasteiger partial charge in [0, 0.05) is 45.9 Å². The molecule has 2 N–H and O–H groups in total. The quantitative estimate of drug-likeness (QED) is 0.152. The maximum atomic E-state index is 9.07. The lowest BCUT2D eigenvalue weighted by Crippen LogP contribution is -2.16. The van der Waals surface area contributed by atoms with Gasteiger partial charge in [0.25, 0.3) is 0 Å². The molecule has 0 amide bonds. The lowest BCUT2D eigenvalue weighted by molar-refractivity contribution is 0.483. The van der Waals surface area contributed by atoms with E-state index in [1.165, 1.54) is 0 Å². The molecule has 0 saturated carbocycles. The van der Waals surface area contributed by atoms with Gasteiger partial charge in [-0.1, -0.05) is 165 Å². The number of rotatable bonds is 9. The molecule has 0 saturated heterocycles. The second kappa shape index (κ2) is 16.5. The second-order valence-electron chi connectivity index (χ2n) is 19.3. The average Bonchev–Trinajstić information content (AvgIpc) is 3.69. The molecule has 64 heavy (non-hydrogen) atoms. The third-order valence-electron chi connectivity index (χ3n) is 11.6. The number of nitrogens with one attached hydrogen (secondary N) is 2. The van der Waals surface area contributed by atoms with Crippen LogP contribution in [0.3, 0.4) is 0 Å². The van der Waals surface area contributed by atoms with Crippen LogP contribution >= 0.6 is 0 Å². The monoisotopic (exact) mass is 848 g/mol. The summed E-state index contributed by atoms with van der Waals surface area (Å²) in [5.74, 6) is 1.50. The highest BCUT2D eigenvalue weighted by Crippen LogP contribution is 2.43. The van der Waals surface area contributed by atoms with E-state index in [-0.39, 0.29) is 58.1 Å². The van der Waals surface area contributed by atoms with Crippen molar-refractivity contribution in [2.24, 2.45) is 0 Å². The van der Waals surface area contributed by atoms with Gasteiger partial charge in [-0.2, -0.15) is 0 Å². The van der Waals surface area contributed by atoms with Gasteiger partial charge in [0.2, 0.25) is 0 Å². The number of pyridine rings is 1. The zero-order valence-corrected chi connectivity index (χ0v) is 37.8. The summed E-state index contributed by atoms with van der Waals surface area (Å²) >= 11 is 0. The number of hydrogen-bond donors (Lipinski definition) is 2. The highest BCUT2D eigenvalue weighted by atomic mass is 16.5. The maximum Gasteiger partial charge on any atom is 0.137 e. The highest BCUT2D eigenvalue weighted by Gasteiger charge is 2.23. The maximum absolute atomic E-state index is 9.07. The lowest BCUT2D eigenvalue weighted by atomic mass is 9.78. The minimum Gasteiger partial charge on any atom is -0.457 e. The molecule has 9 rings (SSSR count). The van der Waals surface area contributed by atoms with Crippen molar-refractivity contribution in [1.29, 1.82) is 0 Å². The Kier molecular flexibility index (Phi) is 8.41. The number of aromatic nitrogens is 2. The molecule has 320 valence electrons. The van der Waals surface area contributed by atoms with Gasteiger partial charge in [0.15, 0.2) is 0 Å². The molecule has 0 atom stereocenters. The molecular formula is C59H58N4O. The van der Waals surface area contributed by atoms with Crippen molar-refractivity contribution < 1.29 is 17.1 Å². The van der Waals surface area contributed by atoms with Crippen LogP contribution in [0.25, 0.3) is 49.9 Å². The largest absolute Gasteiger partial charge is 0.457 e. The van der Waals surface area contributed by atoms with Gasteiger partial charge in [-0.3, -0.25) is 4.57 Å². The molecular weight excluding hydrogens is 781 g/mol. The Balaban J connectivity index is 1.13. The van der Waals surface area contributed by atoms with Crippen LogP contribution < -0.4 is 15.4 Å². The van der Waals surface area contributed by atoms with Crippen LogP contribution in [0.4, 0.5) is 22.7 Å². The molecule has 0 bridgehead atoms. The summed E-state index contributed by atoms with van der Waals surface area (Å²) < 4.78 is 87.2. The highest BCUT2D eigenvalue weighted by molar-refractivity contribution is 6.09. The van der Waals surface area contributed by atoms with Crippen LogP contribution in [0, 0.1) is 0 Å². The molecule has 7 aromatic carbocycles. The number of ether oxygens (including phenoxy) is 1. The predicted molar refractivity (Wildman–Crippen MR) is 272 cm³/mol. The van der Waals surface area contributed by atoms with E-state index in [2.05, 4.69) is 91.1 Å². The van der Waals surface area contributed by atoms with Gasteiger partial charge in [0.1, 0.15) is 17.3 Å². The lowest BCUT2D eigenvalue weighted by Gasteiger charge is -2.27. The second-order valence-corrected chi connectivity index (χ2v) is 19.3. The van der Waals surface area contributed by atoms with Crippen LogP contribution in [0.1, 0.15) is 91.3 Å². The fourth-order valence-electron chi connectivity index (χ4n) is 7.94. The first-order valence-electron chi connectivity index (χ1n) is 26.1. The standard InChI is InChI=1S/C59H58N4O/c1-57(2,3)41-31-32-60-55(36-41)63-53-28-16-13-23-49(53)50-30-29-46(38-54(50)63)64-45-22-17-21-44(37-45)61-51-26-14-15-27-52(51)62-56-47(39-19-11-10-12-20-39)24-18-25-48(56)40-33-42(58(4,5)6)35-43(34-40)59(7,8)9/h10-38,61-62H,1-9H3/i10D,11D,12D,13D,16D,19D,20D,23D,28D. The molecule has 0 unspecified atom stereocenters. The number of anilines is 4. The molecule has 2 aromatic heterocycles. The summed E-state index contributed by atoms with van der Waals surface area (Å²) in [6.07, 6.45) is 1.72.